The largest absolute Gasteiger partial charge is 0.299 e. The third kappa shape index (κ3) is 3.47. The van der Waals surface area contributed by atoms with Crippen LogP contribution in [0.1, 0.15) is 24.1 Å². The number of sulfonamides is 1. The molecular weight excluding hydrogens is 396 g/mol. The van der Waals surface area contributed by atoms with Gasteiger partial charge in [-0.2, -0.15) is 9.57 Å². The molecule has 1 aromatic heterocycles. The van der Waals surface area contributed by atoms with Gasteiger partial charge in [-0.05, 0) is 55.0 Å². The summed E-state index contributed by atoms with van der Waals surface area (Å²) in [5, 5.41) is 9.06. The fraction of sp³-hybridized carbons (Fsp3) is 0.130. The topological polar surface area (TPSA) is 79.0 Å². The predicted octanol–water partition coefficient (Wildman–Crippen LogP) is 4.28. The SMILES string of the molecule is C[C@@H](c1ccc(-n2cnc3ccccc32)cc1)N(C)S(=O)(=O)c1cccc(C#N)c1. The van der Waals surface area contributed by atoms with Crippen LogP contribution in [0.2, 0.25) is 0 Å². The third-order valence-corrected chi connectivity index (χ3v) is 7.22. The Morgan fingerprint density at radius 1 is 1.03 bits per heavy atom. The van der Waals surface area contributed by atoms with Crippen molar-refractivity contribution < 1.29 is 8.42 Å². The van der Waals surface area contributed by atoms with Gasteiger partial charge in [-0.15, -0.1) is 0 Å². The van der Waals surface area contributed by atoms with Crippen LogP contribution in [0.3, 0.4) is 0 Å². The van der Waals surface area contributed by atoms with Gasteiger partial charge < -0.3 is 0 Å². The minimum Gasteiger partial charge on any atom is -0.299 e. The van der Waals surface area contributed by atoms with E-state index in [1.807, 2.05) is 66.1 Å². The van der Waals surface area contributed by atoms with Crippen molar-refractivity contribution in [1.29, 1.82) is 5.26 Å². The lowest BCUT2D eigenvalue weighted by molar-refractivity contribution is 0.398. The van der Waals surface area contributed by atoms with E-state index < -0.39 is 10.0 Å². The van der Waals surface area contributed by atoms with Crippen LogP contribution in [0, 0.1) is 11.3 Å². The van der Waals surface area contributed by atoms with Gasteiger partial charge in [0.15, 0.2) is 0 Å². The lowest BCUT2D eigenvalue weighted by Gasteiger charge is -2.25. The van der Waals surface area contributed by atoms with E-state index in [1.165, 1.54) is 16.4 Å². The first-order valence-corrected chi connectivity index (χ1v) is 10.9. The Bertz CT molecular complexity index is 1350. The van der Waals surface area contributed by atoms with Crippen molar-refractivity contribution in [2.45, 2.75) is 17.9 Å². The second-order valence-electron chi connectivity index (χ2n) is 7.03. The molecule has 0 spiro atoms. The van der Waals surface area contributed by atoms with Crippen LogP contribution in [-0.2, 0) is 10.0 Å². The van der Waals surface area contributed by atoms with Gasteiger partial charge in [-0.25, -0.2) is 13.4 Å². The molecule has 0 aliphatic carbocycles. The van der Waals surface area contributed by atoms with Crippen LogP contribution in [0.4, 0.5) is 0 Å². The summed E-state index contributed by atoms with van der Waals surface area (Å²) in [6, 6.07) is 23.3. The lowest BCUT2D eigenvalue weighted by atomic mass is 10.1. The minimum atomic E-state index is -3.73. The Labute approximate surface area is 175 Å². The van der Waals surface area contributed by atoms with Crippen molar-refractivity contribution in [3.8, 4) is 11.8 Å². The van der Waals surface area contributed by atoms with E-state index in [4.69, 9.17) is 5.26 Å². The van der Waals surface area contributed by atoms with Crippen molar-refractivity contribution in [2.75, 3.05) is 7.05 Å². The Morgan fingerprint density at radius 2 is 1.77 bits per heavy atom. The van der Waals surface area contributed by atoms with Gasteiger partial charge in [0.05, 0.1) is 27.6 Å². The smallest absolute Gasteiger partial charge is 0.243 e. The monoisotopic (exact) mass is 416 g/mol. The van der Waals surface area contributed by atoms with Gasteiger partial charge in [0.25, 0.3) is 0 Å². The Hall–Kier alpha value is -3.47. The summed E-state index contributed by atoms with van der Waals surface area (Å²) < 4.78 is 29.4. The molecule has 0 aliphatic rings. The molecule has 4 rings (SSSR count). The molecule has 1 atom stereocenters. The summed E-state index contributed by atoms with van der Waals surface area (Å²) in [6.07, 6.45) is 1.78. The lowest BCUT2D eigenvalue weighted by Crippen LogP contribution is -2.29. The number of fused-ring (bicyclic) bond motifs is 1. The molecule has 7 heteroatoms. The van der Waals surface area contributed by atoms with E-state index in [1.54, 1.807) is 25.5 Å². The van der Waals surface area contributed by atoms with E-state index in [2.05, 4.69) is 4.98 Å². The molecule has 0 aliphatic heterocycles. The van der Waals surface area contributed by atoms with Gasteiger partial charge in [0.1, 0.15) is 6.33 Å². The number of benzene rings is 3. The normalized spacial score (nSPS) is 12.7. The first-order valence-electron chi connectivity index (χ1n) is 9.42. The Morgan fingerprint density at radius 3 is 2.50 bits per heavy atom. The first kappa shape index (κ1) is 19.8. The number of rotatable bonds is 5. The highest BCUT2D eigenvalue weighted by Crippen LogP contribution is 2.27. The van der Waals surface area contributed by atoms with E-state index in [9.17, 15) is 8.42 Å². The number of para-hydroxylation sites is 2. The number of imidazole rings is 1. The molecule has 0 N–H and O–H groups in total. The van der Waals surface area contributed by atoms with Crippen molar-refractivity contribution >= 4 is 21.1 Å². The maximum absolute atomic E-state index is 13.0. The van der Waals surface area contributed by atoms with Crippen molar-refractivity contribution in [1.82, 2.24) is 13.9 Å². The summed E-state index contributed by atoms with van der Waals surface area (Å²) in [5.41, 5.74) is 4.06. The zero-order valence-electron chi connectivity index (χ0n) is 16.6. The second-order valence-corrected chi connectivity index (χ2v) is 9.03. The van der Waals surface area contributed by atoms with Gasteiger partial charge in [0.2, 0.25) is 10.0 Å². The molecule has 4 aromatic rings. The minimum absolute atomic E-state index is 0.109. The Kier molecular flexibility index (Phi) is 5.12. The molecule has 0 radical (unpaired) electrons. The molecule has 1 heterocycles. The first-order chi connectivity index (χ1) is 14.4. The molecule has 0 unspecified atom stereocenters. The van der Waals surface area contributed by atoms with Crippen LogP contribution >= 0.6 is 0 Å². The molecule has 3 aromatic carbocycles. The third-order valence-electron chi connectivity index (χ3n) is 5.29. The standard InChI is InChI=1S/C23H20N4O2S/c1-17(26(2)30(28,29)21-7-5-6-18(14-21)15-24)19-10-12-20(13-11-19)27-16-25-22-8-3-4-9-23(22)27/h3-14,16-17H,1-2H3/t17-/m0/s1. The van der Waals surface area contributed by atoms with E-state index in [-0.39, 0.29) is 10.9 Å². The molecule has 0 fully saturated rings. The van der Waals surface area contributed by atoms with Crippen LogP contribution in [0.15, 0.2) is 84.0 Å². The fourth-order valence-corrected chi connectivity index (χ4v) is 4.79. The molecule has 30 heavy (non-hydrogen) atoms. The average molecular weight is 417 g/mol. The summed E-state index contributed by atoms with van der Waals surface area (Å²) in [4.78, 5) is 4.52. The number of hydrogen-bond donors (Lipinski definition) is 0. The fourth-order valence-electron chi connectivity index (χ4n) is 3.39. The number of hydrogen-bond acceptors (Lipinski definition) is 4. The van der Waals surface area contributed by atoms with E-state index in [0.29, 0.717) is 5.56 Å². The molecule has 0 amide bonds. The summed E-state index contributed by atoms with van der Waals surface area (Å²) in [6.45, 7) is 1.84. The molecular formula is C23H20N4O2S. The quantitative estimate of drug-likeness (QED) is 0.486. The van der Waals surface area contributed by atoms with Crippen LogP contribution in [0.25, 0.3) is 16.7 Å². The predicted molar refractivity (Wildman–Crippen MR) is 116 cm³/mol. The summed E-state index contributed by atoms with van der Waals surface area (Å²) >= 11 is 0. The number of nitriles is 1. The maximum atomic E-state index is 13.0. The molecule has 6 nitrogen and oxygen atoms in total. The molecule has 0 bridgehead atoms. The van der Waals surface area contributed by atoms with Gasteiger partial charge in [-0.1, -0.05) is 30.3 Å². The Balaban J connectivity index is 1.61. The zero-order valence-corrected chi connectivity index (χ0v) is 17.4. The summed E-state index contributed by atoms with van der Waals surface area (Å²) in [5.74, 6) is 0. The van der Waals surface area contributed by atoms with Crippen molar-refractivity contribution in [3.63, 3.8) is 0 Å². The summed E-state index contributed by atoms with van der Waals surface area (Å²) in [7, 11) is -2.18. The van der Waals surface area contributed by atoms with E-state index in [0.717, 1.165) is 22.3 Å². The highest BCUT2D eigenvalue weighted by Gasteiger charge is 2.26. The van der Waals surface area contributed by atoms with Gasteiger partial charge in [0, 0.05) is 18.8 Å². The molecule has 0 saturated heterocycles. The highest BCUT2D eigenvalue weighted by atomic mass is 32.2. The van der Waals surface area contributed by atoms with Gasteiger partial charge >= 0.3 is 0 Å². The molecule has 150 valence electrons. The van der Waals surface area contributed by atoms with Crippen molar-refractivity contribution in [2.24, 2.45) is 0 Å². The maximum Gasteiger partial charge on any atom is 0.243 e. The zero-order chi connectivity index (χ0) is 21.3. The van der Waals surface area contributed by atoms with Crippen LogP contribution < -0.4 is 0 Å². The van der Waals surface area contributed by atoms with Gasteiger partial charge in [-0.3, -0.25) is 4.57 Å². The number of nitrogens with zero attached hydrogens (tertiary/aromatic N) is 4. The highest BCUT2D eigenvalue weighted by molar-refractivity contribution is 7.89. The van der Waals surface area contributed by atoms with Crippen molar-refractivity contribution in [3.05, 3.63) is 90.3 Å². The second kappa shape index (κ2) is 7.75. The number of aromatic nitrogens is 2. The van der Waals surface area contributed by atoms with Crippen LogP contribution in [0.5, 0.6) is 0 Å². The van der Waals surface area contributed by atoms with E-state index >= 15 is 0 Å². The average Bonchev–Trinajstić information content (AvgIpc) is 3.22. The van der Waals surface area contributed by atoms with Crippen LogP contribution in [-0.4, -0.2) is 29.3 Å². The molecule has 0 saturated carbocycles.